The summed E-state index contributed by atoms with van der Waals surface area (Å²) in [6.07, 6.45) is -0.511. The standard InChI is InChI=1S/C11H16N4O4/c1-6(8(3)16)12-14-10(18)5-11(19)15-13-7(2)9(4)17/h5H2,1-4H3,(H,14,18)(H,15,19). The van der Waals surface area contributed by atoms with Gasteiger partial charge < -0.3 is 0 Å². The number of Topliss-reactive ketones (excluding diaryl/α,β-unsaturated/α-hetero) is 2. The molecule has 0 radical (unpaired) electrons. The van der Waals surface area contributed by atoms with Crippen LogP contribution in [0.4, 0.5) is 0 Å². The Kier molecular flexibility index (Phi) is 6.87. The Morgan fingerprint density at radius 1 is 0.737 bits per heavy atom. The lowest BCUT2D eigenvalue weighted by atomic mass is 10.3. The average molecular weight is 268 g/mol. The molecule has 8 nitrogen and oxygen atoms in total. The van der Waals surface area contributed by atoms with Gasteiger partial charge in [-0.15, -0.1) is 0 Å². The summed E-state index contributed by atoms with van der Waals surface area (Å²) in [5.74, 6) is -1.94. The number of hydrazone groups is 2. The van der Waals surface area contributed by atoms with E-state index in [4.69, 9.17) is 0 Å². The van der Waals surface area contributed by atoms with E-state index in [1.54, 1.807) is 0 Å². The van der Waals surface area contributed by atoms with Gasteiger partial charge in [0, 0.05) is 13.8 Å². The van der Waals surface area contributed by atoms with Gasteiger partial charge in [0.1, 0.15) is 17.8 Å². The summed E-state index contributed by atoms with van der Waals surface area (Å²) >= 11 is 0. The van der Waals surface area contributed by atoms with E-state index in [9.17, 15) is 19.2 Å². The van der Waals surface area contributed by atoms with Crippen molar-refractivity contribution in [3.63, 3.8) is 0 Å². The Morgan fingerprint density at radius 3 is 1.32 bits per heavy atom. The van der Waals surface area contributed by atoms with Crippen molar-refractivity contribution in [2.24, 2.45) is 10.2 Å². The van der Waals surface area contributed by atoms with E-state index in [1.807, 2.05) is 0 Å². The van der Waals surface area contributed by atoms with Crippen LogP contribution in [0.25, 0.3) is 0 Å². The summed E-state index contributed by atoms with van der Waals surface area (Å²) in [4.78, 5) is 44.1. The number of hydrogen-bond donors (Lipinski definition) is 2. The highest BCUT2D eigenvalue weighted by Crippen LogP contribution is 1.84. The molecule has 0 aliphatic carbocycles. The first-order valence-corrected chi connectivity index (χ1v) is 5.42. The van der Waals surface area contributed by atoms with Crippen LogP contribution in [0.2, 0.25) is 0 Å². The second-order valence-electron chi connectivity index (χ2n) is 3.75. The van der Waals surface area contributed by atoms with Crippen LogP contribution in [0.1, 0.15) is 34.1 Å². The third kappa shape index (κ3) is 7.53. The van der Waals surface area contributed by atoms with E-state index in [2.05, 4.69) is 21.1 Å². The largest absolute Gasteiger partial charge is 0.293 e. The van der Waals surface area contributed by atoms with Gasteiger partial charge in [0.25, 0.3) is 0 Å². The minimum Gasteiger partial charge on any atom is -0.293 e. The first-order chi connectivity index (χ1) is 8.73. The number of carbonyl (C=O) groups is 4. The van der Waals surface area contributed by atoms with Crippen molar-refractivity contribution in [2.45, 2.75) is 34.1 Å². The molecular weight excluding hydrogens is 252 g/mol. The molecule has 0 aromatic carbocycles. The van der Waals surface area contributed by atoms with Crippen LogP contribution in [0.5, 0.6) is 0 Å². The van der Waals surface area contributed by atoms with E-state index in [1.165, 1.54) is 27.7 Å². The molecule has 0 heterocycles. The maximum atomic E-state index is 11.3. The number of hydrogen-bond acceptors (Lipinski definition) is 6. The maximum Gasteiger partial charge on any atom is 0.249 e. The molecule has 0 fully saturated rings. The molecule has 0 saturated heterocycles. The van der Waals surface area contributed by atoms with Crippen LogP contribution < -0.4 is 10.9 Å². The normalized spacial score (nSPS) is 11.8. The molecule has 0 aliphatic rings. The predicted octanol–water partition coefficient (Wildman–Crippen LogP) is -0.461. The van der Waals surface area contributed by atoms with Gasteiger partial charge in [-0.2, -0.15) is 10.2 Å². The molecule has 0 rings (SSSR count). The SMILES string of the molecule is CC(=O)C(C)=NNC(=O)CC(=O)NN=C(C)C(C)=O. The van der Waals surface area contributed by atoms with Crippen LogP contribution in [0, 0.1) is 0 Å². The molecule has 0 saturated carbocycles. The zero-order chi connectivity index (χ0) is 15.0. The quantitative estimate of drug-likeness (QED) is 0.385. The minimum absolute atomic E-state index is 0.124. The first kappa shape index (κ1) is 16.6. The Balaban J connectivity index is 4.25. The molecule has 0 bridgehead atoms. The molecule has 104 valence electrons. The Bertz CT molecular complexity index is 423. The summed E-state index contributed by atoms with van der Waals surface area (Å²) in [6, 6.07) is 0. The molecule has 8 heteroatoms. The Hall–Kier alpha value is -2.38. The van der Waals surface area contributed by atoms with Crippen molar-refractivity contribution in [2.75, 3.05) is 0 Å². The highest BCUT2D eigenvalue weighted by Gasteiger charge is 2.09. The molecule has 0 atom stereocenters. The van der Waals surface area contributed by atoms with Gasteiger partial charge in [0.05, 0.1) is 0 Å². The highest BCUT2D eigenvalue weighted by atomic mass is 16.2. The Labute approximate surface area is 110 Å². The fourth-order valence-corrected chi connectivity index (χ4v) is 0.675. The lowest BCUT2D eigenvalue weighted by Gasteiger charge is -2.01. The minimum atomic E-state index is -0.686. The predicted molar refractivity (Wildman–Crippen MR) is 68.5 cm³/mol. The van der Waals surface area contributed by atoms with Gasteiger partial charge >= 0.3 is 0 Å². The summed E-state index contributed by atoms with van der Waals surface area (Å²) in [6.45, 7) is 5.47. The molecule has 0 spiro atoms. The van der Waals surface area contributed by atoms with E-state index in [0.29, 0.717) is 0 Å². The molecule has 19 heavy (non-hydrogen) atoms. The highest BCUT2D eigenvalue weighted by molar-refractivity contribution is 6.38. The van der Waals surface area contributed by atoms with Crippen molar-refractivity contribution in [1.29, 1.82) is 0 Å². The summed E-state index contributed by atoms with van der Waals surface area (Å²) in [5.41, 5.74) is 4.36. The molecule has 0 unspecified atom stereocenters. The molecule has 0 aliphatic heterocycles. The molecule has 0 aromatic heterocycles. The zero-order valence-corrected chi connectivity index (χ0v) is 11.2. The lowest BCUT2D eigenvalue weighted by Crippen LogP contribution is -2.29. The fraction of sp³-hybridized carbons (Fsp3) is 0.455. The number of rotatable bonds is 6. The van der Waals surface area contributed by atoms with E-state index in [0.717, 1.165) is 0 Å². The van der Waals surface area contributed by atoms with E-state index >= 15 is 0 Å². The monoisotopic (exact) mass is 268 g/mol. The number of amides is 2. The molecule has 2 N–H and O–H groups in total. The number of nitrogens with one attached hydrogen (secondary N) is 2. The maximum absolute atomic E-state index is 11.3. The second-order valence-corrected chi connectivity index (χ2v) is 3.75. The first-order valence-electron chi connectivity index (χ1n) is 5.42. The van der Waals surface area contributed by atoms with Crippen molar-refractivity contribution < 1.29 is 19.2 Å². The summed E-state index contributed by atoms with van der Waals surface area (Å²) in [5, 5.41) is 7.00. The number of carbonyl (C=O) groups excluding carboxylic acids is 4. The summed E-state index contributed by atoms with van der Waals surface area (Å²) < 4.78 is 0. The lowest BCUT2D eigenvalue weighted by molar-refractivity contribution is -0.129. The van der Waals surface area contributed by atoms with E-state index < -0.39 is 18.2 Å². The van der Waals surface area contributed by atoms with Crippen molar-refractivity contribution in [3.05, 3.63) is 0 Å². The number of nitrogens with zero attached hydrogens (tertiary/aromatic N) is 2. The number of ketones is 2. The Morgan fingerprint density at radius 2 is 1.05 bits per heavy atom. The van der Waals surface area contributed by atoms with Gasteiger partial charge in [0.2, 0.25) is 11.8 Å². The van der Waals surface area contributed by atoms with Gasteiger partial charge in [-0.3, -0.25) is 19.2 Å². The van der Waals surface area contributed by atoms with Gasteiger partial charge in [-0.05, 0) is 13.8 Å². The topological polar surface area (TPSA) is 117 Å². The van der Waals surface area contributed by atoms with Gasteiger partial charge in [-0.25, -0.2) is 10.9 Å². The fourth-order valence-electron chi connectivity index (χ4n) is 0.675. The van der Waals surface area contributed by atoms with Crippen molar-refractivity contribution in [3.8, 4) is 0 Å². The molecule has 0 aromatic rings. The van der Waals surface area contributed by atoms with E-state index in [-0.39, 0.29) is 23.0 Å². The van der Waals surface area contributed by atoms with Crippen LogP contribution in [0.15, 0.2) is 10.2 Å². The average Bonchev–Trinajstić information content (AvgIpc) is 2.32. The third-order valence-electron chi connectivity index (χ3n) is 2.04. The molecular formula is C11H16N4O4. The summed E-state index contributed by atoms with van der Waals surface area (Å²) in [7, 11) is 0. The smallest absolute Gasteiger partial charge is 0.249 e. The zero-order valence-electron chi connectivity index (χ0n) is 11.2. The van der Waals surface area contributed by atoms with Crippen LogP contribution >= 0.6 is 0 Å². The van der Waals surface area contributed by atoms with Crippen molar-refractivity contribution >= 4 is 34.8 Å². The van der Waals surface area contributed by atoms with Gasteiger partial charge in [0.15, 0.2) is 11.6 Å². The van der Waals surface area contributed by atoms with Gasteiger partial charge in [-0.1, -0.05) is 0 Å². The third-order valence-corrected chi connectivity index (χ3v) is 2.04. The van der Waals surface area contributed by atoms with Crippen LogP contribution in [0.3, 0.4) is 0 Å². The second kappa shape index (κ2) is 7.85. The van der Waals surface area contributed by atoms with Crippen molar-refractivity contribution in [1.82, 2.24) is 10.9 Å². The van der Waals surface area contributed by atoms with Crippen LogP contribution in [-0.4, -0.2) is 34.8 Å². The molecule has 2 amide bonds. The van der Waals surface area contributed by atoms with Crippen LogP contribution in [-0.2, 0) is 19.2 Å².